The van der Waals surface area contributed by atoms with Gasteiger partial charge in [-0.25, -0.2) is 0 Å². The highest BCUT2D eigenvalue weighted by molar-refractivity contribution is 7.10. The lowest BCUT2D eigenvalue weighted by molar-refractivity contribution is -0.117. The second kappa shape index (κ2) is 9.15. The van der Waals surface area contributed by atoms with Crippen LogP contribution in [-0.2, 0) is 11.3 Å². The molecule has 2 aromatic carbocycles. The lowest BCUT2D eigenvalue weighted by Crippen LogP contribution is -2.34. The molecule has 0 aliphatic heterocycles. The van der Waals surface area contributed by atoms with Crippen LogP contribution < -0.4 is 10.6 Å². The van der Waals surface area contributed by atoms with Gasteiger partial charge in [0.05, 0.1) is 0 Å². The van der Waals surface area contributed by atoms with Gasteiger partial charge in [-0.1, -0.05) is 53.6 Å². The van der Waals surface area contributed by atoms with E-state index in [9.17, 15) is 9.59 Å². The van der Waals surface area contributed by atoms with E-state index < -0.39 is 0 Å². The van der Waals surface area contributed by atoms with Crippen LogP contribution in [0.15, 0.2) is 71.7 Å². The van der Waals surface area contributed by atoms with Crippen LogP contribution in [-0.4, -0.2) is 11.8 Å². The number of carbonyl (C=O) groups is 2. The minimum absolute atomic E-state index is 0.223. The largest absolute Gasteiger partial charge is 0.347 e. The first-order valence-corrected chi connectivity index (χ1v) is 9.86. The number of carbonyl (C=O) groups excluding carboxylic acids is 2. The van der Waals surface area contributed by atoms with Crippen molar-refractivity contribution in [3.63, 3.8) is 0 Å². The Morgan fingerprint density at radius 1 is 0.964 bits per heavy atom. The van der Waals surface area contributed by atoms with Gasteiger partial charge in [0.25, 0.3) is 11.8 Å². The summed E-state index contributed by atoms with van der Waals surface area (Å²) in [6.07, 6.45) is 1.70. The van der Waals surface area contributed by atoms with E-state index in [0.29, 0.717) is 12.1 Å². The molecule has 28 heavy (non-hydrogen) atoms. The minimum atomic E-state index is -0.324. The topological polar surface area (TPSA) is 58.2 Å². The third kappa shape index (κ3) is 5.41. The van der Waals surface area contributed by atoms with Crippen molar-refractivity contribution in [2.45, 2.75) is 20.4 Å². The summed E-state index contributed by atoms with van der Waals surface area (Å²) in [4.78, 5) is 26.3. The number of thiophene rings is 1. The molecule has 0 spiro atoms. The number of hydrogen-bond donors (Lipinski definition) is 2. The first kappa shape index (κ1) is 19.6. The van der Waals surface area contributed by atoms with Crippen molar-refractivity contribution >= 4 is 29.2 Å². The first-order valence-electron chi connectivity index (χ1n) is 8.98. The average Bonchev–Trinajstić information content (AvgIpc) is 3.20. The fraction of sp³-hybridized carbons (Fsp3) is 0.130. The maximum Gasteiger partial charge on any atom is 0.268 e. The summed E-state index contributed by atoms with van der Waals surface area (Å²) in [5, 5.41) is 7.57. The Balaban J connectivity index is 1.75. The van der Waals surface area contributed by atoms with Gasteiger partial charge in [0.1, 0.15) is 5.70 Å². The van der Waals surface area contributed by atoms with Crippen LogP contribution in [0.1, 0.15) is 31.9 Å². The molecule has 0 atom stereocenters. The second-order valence-electron chi connectivity index (χ2n) is 6.57. The van der Waals surface area contributed by atoms with Crippen molar-refractivity contribution in [1.82, 2.24) is 10.6 Å². The molecule has 0 bridgehead atoms. The SMILES string of the molecule is Cc1ccc(CNC(=O)/C(=C/c2cccs2)NC(=O)c2cccc(C)c2)cc1. The summed E-state index contributed by atoms with van der Waals surface area (Å²) < 4.78 is 0. The normalized spacial score (nSPS) is 11.1. The fourth-order valence-electron chi connectivity index (χ4n) is 2.64. The summed E-state index contributed by atoms with van der Waals surface area (Å²) in [5.41, 5.74) is 3.89. The van der Waals surface area contributed by atoms with Crippen molar-refractivity contribution in [3.8, 4) is 0 Å². The van der Waals surface area contributed by atoms with E-state index in [0.717, 1.165) is 16.0 Å². The Labute approximate surface area is 168 Å². The van der Waals surface area contributed by atoms with Crippen LogP contribution in [0.3, 0.4) is 0 Å². The van der Waals surface area contributed by atoms with Crippen LogP contribution >= 0.6 is 11.3 Å². The zero-order valence-corrected chi connectivity index (χ0v) is 16.7. The minimum Gasteiger partial charge on any atom is -0.347 e. The van der Waals surface area contributed by atoms with Crippen molar-refractivity contribution in [1.29, 1.82) is 0 Å². The van der Waals surface area contributed by atoms with Crippen LogP contribution in [0.5, 0.6) is 0 Å². The smallest absolute Gasteiger partial charge is 0.268 e. The quantitative estimate of drug-likeness (QED) is 0.611. The maximum absolute atomic E-state index is 12.8. The third-order valence-corrected chi connectivity index (χ3v) is 5.00. The number of rotatable bonds is 6. The van der Waals surface area contributed by atoms with Gasteiger partial charge in [-0.3, -0.25) is 9.59 Å². The van der Waals surface area contributed by atoms with E-state index in [2.05, 4.69) is 10.6 Å². The van der Waals surface area contributed by atoms with Gasteiger partial charge < -0.3 is 10.6 Å². The number of hydrogen-bond acceptors (Lipinski definition) is 3. The molecular formula is C23H22N2O2S. The van der Waals surface area contributed by atoms with Gasteiger partial charge in [0, 0.05) is 17.0 Å². The Morgan fingerprint density at radius 2 is 1.75 bits per heavy atom. The molecule has 1 heterocycles. The summed E-state index contributed by atoms with van der Waals surface area (Å²) in [5.74, 6) is -0.632. The van der Waals surface area contributed by atoms with E-state index in [4.69, 9.17) is 0 Å². The maximum atomic E-state index is 12.8. The standard InChI is InChI=1S/C23H22N2O2S/c1-16-8-10-18(11-9-16)15-24-23(27)21(14-20-7-4-12-28-20)25-22(26)19-6-3-5-17(2)13-19/h3-14H,15H2,1-2H3,(H,24,27)(H,25,26)/b21-14-. The Bertz CT molecular complexity index is 990. The average molecular weight is 391 g/mol. The van der Waals surface area contributed by atoms with E-state index in [1.165, 1.54) is 16.9 Å². The Hall–Kier alpha value is -3.18. The molecular weight excluding hydrogens is 368 g/mol. The second-order valence-corrected chi connectivity index (χ2v) is 7.54. The lowest BCUT2D eigenvalue weighted by atomic mass is 10.1. The fourth-order valence-corrected chi connectivity index (χ4v) is 3.30. The molecule has 4 nitrogen and oxygen atoms in total. The molecule has 2 N–H and O–H groups in total. The van der Waals surface area contributed by atoms with Crippen molar-refractivity contribution in [2.24, 2.45) is 0 Å². The van der Waals surface area contributed by atoms with E-state index in [1.54, 1.807) is 18.2 Å². The van der Waals surface area contributed by atoms with Gasteiger partial charge in [-0.2, -0.15) is 0 Å². The molecule has 142 valence electrons. The Morgan fingerprint density at radius 3 is 2.43 bits per heavy atom. The number of amides is 2. The molecule has 0 unspecified atom stereocenters. The molecule has 0 aliphatic carbocycles. The zero-order valence-electron chi connectivity index (χ0n) is 15.9. The molecule has 5 heteroatoms. The Kier molecular flexibility index (Phi) is 6.40. The van der Waals surface area contributed by atoms with Crippen LogP contribution in [0.4, 0.5) is 0 Å². The predicted molar refractivity (Wildman–Crippen MR) is 114 cm³/mol. The number of benzene rings is 2. The van der Waals surface area contributed by atoms with Crippen LogP contribution in [0.2, 0.25) is 0 Å². The molecule has 0 saturated heterocycles. The highest BCUT2D eigenvalue weighted by atomic mass is 32.1. The van der Waals surface area contributed by atoms with Crippen LogP contribution in [0, 0.1) is 13.8 Å². The van der Waals surface area contributed by atoms with Crippen molar-refractivity contribution < 1.29 is 9.59 Å². The molecule has 3 aromatic rings. The number of nitrogens with one attached hydrogen (secondary N) is 2. The lowest BCUT2D eigenvalue weighted by Gasteiger charge is -2.11. The summed E-state index contributed by atoms with van der Waals surface area (Å²) in [6.45, 7) is 4.33. The van der Waals surface area contributed by atoms with Gasteiger partial charge in [-0.15, -0.1) is 11.3 Å². The van der Waals surface area contributed by atoms with E-state index in [-0.39, 0.29) is 17.5 Å². The van der Waals surface area contributed by atoms with Gasteiger partial charge >= 0.3 is 0 Å². The molecule has 1 aromatic heterocycles. The van der Waals surface area contributed by atoms with Crippen molar-refractivity contribution in [2.75, 3.05) is 0 Å². The third-order valence-electron chi connectivity index (χ3n) is 4.18. The molecule has 3 rings (SSSR count). The molecule has 0 aliphatic rings. The first-order chi connectivity index (χ1) is 13.5. The van der Waals surface area contributed by atoms with Gasteiger partial charge in [0.2, 0.25) is 0 Å². The summed E-state index contributed by atoms with van der Waals surface area (Å²) >= 11 is 1.50. The highest BCUT2D eigenvalue weighted by Crippen LogP contribution is 2.14. The zero-order chi connectivity index (χ0) is 19.9. The summed E-state index contributed by atoms with van der Waals surface area (Å²) in [6, 6.07) is 19.0. The van der Waals surface area contributed by atoms with Gasteiger partial charge in [-0.05, 0) is 49.1 Å². The van der Waals surface area contributed by atoms with E-state index >= 15 is 0 Å². The van der Waals surface area contributed by atoms with Crippen LogP contribution in [0.25, 0.3) is 6.08 Å². The predicted octanol–water partition coefficient (Wildman–Crippen LogP) is 4.45. The summed E-state index contributed by atoms with van der Waals surface area (Å²) in [7, 11) is 0. The monoisotopic (exact) mass is 390 g/mol. The number of aryl methyl sites for hydroxylation is 2. The van der Waals surface area contributed by atoms with E-state index in [1.807, 2.05) is 67.8 Å². The molecule has 0 fully saturated rings. The highest BCUT2D eigenvalue weighted by Gasteiger charge is 2.15. The van der Waals surface area contributed by atoms with Gasteiger partial charge in [0.15, 0.2) is 0 Å². The van der Waals surface area contributed by atoms with Crippen molar-refractivity contribution in [3.05, 3.63) is 98.9 Å². The molecule has 0 saturated carbocycles. The molecule has 0 radical (unpaired) electrons. The molecule has 2 amide bonds.